The van der Waals surface area contributed by atoms with Crippen molar-refractivity contribution in [1.82, 2.24) is 20.6 Å². The smallest absolute Gasteiger partial charge is 0.321 e. The molecule has 1 fully saturated rings. The van der Waals surface area contributed by atoms with Crippen LogP contribution in [0.1, 0.15) is 12.8 Å². The number of hydrogen-bond donors (Lipinski definition) is 2. The van der Waals surface area contributed by atoms with Crippen molar-refractivity contribution in [1.29, 1.82) is 0 Å². The topological polar surface area (TPSA) is 93.2 Å². The number of rotatable bonds is 5. The molecule has 138 valence electrons. The maximum atomic E-state index is 13.2. The zero-order valence-electron chi connectivity index (χ0n) is 14.1. The van der Waals surface area contributed by atoms with Crippen molar-refractivity contribution in [3.8, 4) is 17.0 Å². The number of nitrogens with one attached hydrogen (secondary N) is 2. The number of ether oxygens (including phenoxy) is 1. The van der Waals surface area contributed by atoms with Crippen LogP contribution >= 0.6 is 11.3 Å². The Bertz CT molecular complexity index is 1000. The molecule has 3 aromatic rings. The molecule has 1 aliphatic carbocycles. The molecular formula is C18H15FN4O3S. The van der Waals surface area contributed by atoms with Gasteiger partial charge in [-0.05, 0) is 30.5 Å². The van der Waals surface area contributed by atoms with Crippen LogP contribution in [0.15, 0.2) is 36.0 Å². The molecule has 0 atom stereocenters. The van der Waals surface area contributed by atoms with Crippen molar-refractivity contribution in [2.24, 2.45) is 0 Å². The molecule has 0 saturated heterocycles. The molecule has 4 rings (SSSR count). The lowest BCUT2D eigenvalue weighted by atomic mass is 10.1. The van der Waals surface area contributed by atoms with Crippen molar-refractivity contribution in [3.05, 3.63) is 41.8 Å². The predicted octanol–water partition coefficient (Wildman–Crippen LogP) is 2.86. The summed E-state index contributed by atoms with van der Waals surface area (Å²) in [5, 5.41) is 7.40. The zero-order valence-corrected chi connectivity index (χ0v) is 14.9. The standard InChI is InChI=1S/C18H15FN4O3S/c19-11-3-1-10(2-4-11)13-8-27-17-15(13)16(20-9-21-17)26-7-14(24)23-18(25)22-12-5-6-12/h1-4,8-9,12H,5-7H2,(H2,22,23,24,25). The fourth-order valence-electron chi connectivity index (χ4n) is 2.54. The quantitative estimate of drug-likeness (QED) is 0.703. The summed E-state index contributed by atoms with van der Waals surface area (Å²) < 4.78 is 18.7. The van der Waals surface area contributed by atoms with Gasteiger partial charge in [0.1, 0.15) is 17.0 Å². The summed E-state index contributed by atoms with van der Waals surface area (Å²) in [6, 6.07) is 5.68. The van der Waals surface area contributed by atoms with Gasteiger partial charge in [0.05, 0.1) is 5.39 Å². The maximum absolute atomic E-state index is 13.2. The lowest BCUT2D eigenvalue weighted by molar-refractivity contribution is -0.122. The highest BCUT2D eigenvalue weighted by molar-refractivity contribution is 7.17. The number of urea groups is 1. The van der Waals surface area contributed by atoms with Gasteiger partial charge in [0.25, 0.3) is 5.91 Å². The van der Waals surface area contributed by atoms with E-state index in [1.165, 1.54) is 29.8 Å². The summed E-state index contributed by atoms with van der Waals surface area (Å²) >= 11 is 1.40. The fourth-order valence-corrected chi connectivity index (χ4v) is 3.45. The Labute approximate surface area is 157 Å². The number of amides is 3. The second-order valence-electron chi connectivity index (χ2n) is 6.10. The first kappa shape index (κ1) is 17.3. The lowest BCUT2D eigenvalue weighted by Gasteiger charge is -2.08. The maximum Gasteiger partial charge on any atom is 0.321 e. The van der Waals surface area contributed by atoms with E-state index >= 15 is 0 Å². The molecule has 1 saturated carbocycles. The molecular weight excluding hydrogens is 371 g/mol. The highest BCUT2D eigenvalue weighted by Gasteiger charge is 2.24. The van der Waals surface area contributed by atoms with Crippen LogP contribution in [-0.4, -0.2) is 34.6 Å². The molecule has 7 nitrogen and oxygen atoms in total. The van der Waals surface area contributed by atoms with Crippen molar-refractivity contribution in [2.75, 3.05) is 6.61 Å². The largest absolute Gasteiger partial charge is 0.467 e. The molecule has 0 radical (unpaired) electrons. The number of carbonyl (C=O) groups excluding carboxylic acids is 2. The fraction of sp³-hybridized carbons (Fsp3) is 0.222. The number of thiophene rings is 1. The van der Waals surface area contributed by atoms with Crippen molar-refractivity contribution in [2.45, 2.75) is 18.9 Å². The summed E-state index contributed by atoms with van der Waals surface area (Å²) in [7, 11) is 0. The minimum Gasteiger partial charge on any atom is -0.467 e. The van der Waals surface area contributed by atoms with Gasteiger partial charge in [0.2, 0.25) is 5.88 Å². The summed E-state index contributed by atoms with van der Waals surface area (Å²) in [4.78, 5) is 32.5. The van der Waals surface area contributed by atoms with Crippen LogP contribution in [0.2, 0.25) is 0 Å². The van der Waals surface area contributed by atoms with Crippen molar-refractivity contribution in [3.63, 3.8) is 0 Å². The minimum atomic E-state index is -0.571. The first-order chi connectivity index (χ1) is 13.1. The second kappa shape index (κ2) is 7.28. The molecule has 0 bridgehead atoms. The van der Waals surface area contributed by atoms with Crippen LogP contribution in [-0.2, 0) is 4.79 Å². The van der Waals surface area contributed by atoms with Gasteiger partial charge in [-0.3, -0.25) is 10.1 Å². The Morgan fingerprint density at radius 2 is 2.00 bits per heavy atom. The molecule has 1 aliphatic rings. The molecule has 0 unspecified atom stereocenters. The summed E-state index contributed by atoms with van der Waals surface area (Å²) in [6.45, 7) is -0.358. The molecule has 0 aliphatic heterocycles. The van der Waals surface area contributed by atoms with Gasteiger partial charge in [-0.1, -0.05) is 12.1 Å². The molecule has 9 heteroatoms. The average Bonchev–Trinajstić information content (AvgIpc) is 3.35. The van der Waals surface area contributed by atoms with Gasteiger partial charge in [-0.2, -0.15) is 0 Å². The molecule has 2 aromatic heterocycles. The van der Waals surface area contributed by atoms with E-state index < -0.39 is 11.9 Å². The Morgan fingerprint density at radius 3 is 2.74 bits per heavy atom. The van der Waals surface area contributed by atoms with Crippen LogP contribution in [0.4, 0.5) is 9.18 Å². The van der Waals surface area contributed by atoms with Crippen molar-refractivity contribution < 1.29 is 18.7 Å². The number of nitrogens with zero attached hydrogens (tertiary/aromatic N) is 2. The van der Waals surface area contributed by atoms with E-state index in [0.717, 1.165) is 24.0 Å². The van der Waals surface area contributed by atoms with Crippen LogP contribution in [0.3, 0.4) is 0 Å². The SMILES string of the molecule is O=C(COc1ncnc2scc(-c3ccc(F)cc3)c12)NC(=O)NC1CC1. The molecule has 0 spiro atoms. The van der Waals surface area contributed by atoms with E-state index in [1.807, 2.05) is 5.38 Å². The van der Waals surface area contributed by atoms with E-state index in [4.69, 9.17) is 4.74 Å². The molecule has 3 amide bonds. The second-order valence-corrected chi connectivity index (χ2v) is 6.96. The van der Waals surface area contributed by atoms with Gasteiger partial charge in [0.15, 0.2) is 6.61 Å². The van der Waals surface area contributed by atoms with E-state index in [1.54, 1.807) is 12.1 Å². The Morgan fingerprint density at radius 1 is 1.22 bits per heavy atom. The monoisotopic (exact) mass is 386 g/mol. The third-order valence-corrected chi connectivity index (χ3v) is 4.88. The summed E-state index contributed by atoms with van der Waals surface area (Å²) in [6.07, 6.45) is 3.21. The van der Waals surface area contributed by atoms with E-state index in [2.05, 4.69) is 20.6 Å². The first-order valence-electron chi connectivity index (χ1n) is 8.31. The Hall–Kier alpha value is -3.07. The van der Waals surface area contributed by atoms with E-state index in [-0.39, 0.29) is 24.3 Å². The summed E-state index contributed by atoms with van der Waals surface area (Å²) in [5.74, 6) is -0.663. The van der Waals surface area contributed by atoms with Crippen molar-refractivity contribution >= 4 is 33.5 Å². The predicted molar refractivity (Wildman–Crippen MR) is 98.0 cm³/mol. The molecule has 2 heterocycles. The van der Waals surface area contributed by atoms with Crippen LogP contribution < -0.4 is 15.4 Å². The Balaban J connectivity index is 1.51. The molecule has 27 heavy (non-hydrogen) atoms. The number of benzene rings is 1. The number of halogens is 1. The van der Waals surface area contributed by atoms with Crippen LogP contribution in [0, 0.1) is 5.82 Å². The number of fused-ring (bicyclic) bond motifs is 1. The number of carbonyl (C=O) groups is 2. The number of aromatic nitrogens is 2. The minimum absolute atomic E-state index is 0.157. The first-order valence-corrected chi connectivity index (χ1v) is 9.19. The van der Waals surface area contributed by atoms with E-state index in [9.17, 15) is 14.0 Å². The highest BCUT2D eigenvalue weighted by atomic mass is 32.1. The summed E-state index contributed by atoms with van der Waals surface area (Å²) in [5.41, 5.74) is 1.58. The third kappa shape index (κ3) is 4.03. The molecule has 1 aromatic carbocycles. The number of hydrogen-bond acceptors (Lipinski definition) is 6. The molecule has 2 N–H and O–H groups in total. The van der Waals surface area contributed by atoms with Crippen LogP contribution in [0.5, 0.6) is 5.88 Å². The van der Waals surface area contributed by atoms with Gasteiger partial charge < -0.3 is 10.1 Å². The Kier molecular flexibility index (Phi) is 4.68. The van der Waals surface area contributed by atoms with E-state index in [0.29, 0.717) is 10.2 Å². The van der Waals surface area contributed by atoms with Gasteiger partial charge in [-0.25, -0.2) is 19.2 Å². The number of imide groups is 1. The van der Waals surface area contributed by atoms with Gasteiger partial charge in [-0.15, -0.1) is 11.3 Å². The van der Waals surface area contributed by atoms with Gasteiger partial charge in [0, 0.05) is 17.0 Å². The average molecular weight is 386 g/mol. The van der Waals surface area contributed by atoms with Crippen LogP contribution in [0.25, 0.3) is 21.3 Å². The van der Waals surface area contributed by atoms with Gasteiger partial charge >= 0.3 is 6.03 Å². The normalized spacial score (nSPS) is 13.4. The third-order valence-electron chi connectivity index (χ3n) is 4.00. The highest BCUT2D eigenvalue weighted by Crippen LogP contribution is 2.37. The zero-order chi connectivity index (χ0) is 18.8. The lowest BCUT2D eigenvalue weighted by Crippen LogP contribution is -2.42.